The third-order valence-corrected chi connectivity index (χ3v) is 7.20. The number of hydrogen-bond donors (Lipinski definition) is 1. The average Bonchev–Trinajstić information content (AvgIpc) is 3.12. The van der Waals surface area contributed by atoms with E-state index in [0.717, 1.165) is 31.2 Å². The van der Waals surface area contributed by atoms with Crippen molar-refractivity contribution in [2.45, 2.75) is 56.0 Å². The van der Waals surface area contributed by atoms with Crippen molar-refractivity contribution in [1.29, 1.82) is 0 Å². The van der Waals surface area contributed by atoms with Gasteiger partial charge in [-0.05, 0) is 49.4 Å². The van der Waals surface area contributed by atoms with Gasteiger partial charge in [-0.25, -0.2) is 8.42 Å². The Hall–Kier alpha value is -1.93. The van der Waals surface area contributed by atoms with E-state index in [9.17, 15) is 18.0 Å². The molecule has 0 aromatic heterocycles. The molecule has 2 fully saturated rings. The van der Waals surface area contributed by atoms with Crippen molar-refractivity contribution in [2.75, 3.05) is 18.0 Å². The molecule has 140 valence electrons. The predicted octanol–water partition coefficient (Wildman–Crippen LogP) is 1.03. The first-order valence-electron chi connectivity index (χ1n) is 9.11. The van der Waals surface area contributed by atoms with Crippen LogP contribution in [-0.4, -0.2) is 49.7 Å². The molecule has 1 aliphatic carbocycles. The largest absolute Gasteiger partial charge is 0.352 e. The molecule has 0 radical (unpaired) electrons. The monoisotopic (exact) mass is 377 g/mol. The molecule has 2 amide bonds. The number of carbonyl (C=O) groups is 2. The Morgan fingerprint density at radius 2 is 1.85 bits per heavy atom. The molecular formula is C18H23N3O4S. The van der Waals surface area contributed by atoms with Gasteiger partial charge in [-0.3, -0.25) is 14.5 Å². The molecule has 8 heteroatoms. The van der Waals surface area contributed by atoms with Gasteiger partial charge in [-0.1, -0.05) is 0 Å². The number of hydrogen-bond acceptors (Lipinski definition) is 4. The molecular weight excluding hydrogens is 354 g/mol. The fourth-order valence-corrected chi connectivity index (χ4v) is 5.36. The molecule has 7 nitrogen and oxygen atoms in total. The highest BCUT2D eigenvalue weighted by Crippen LogP contribution is 2.35. The molecule has 1 saturated heterocycles. The van der Waals surface area contributed by atoms with Crippen molar-refractivity contribution in [1.82, 2.24) is 9.62 Å². The summed E-state index contributed by atoms with van der Waals surface area (Å²) in [6.45, 7) is 2.53. The van der Waals surface area contributed by atoms with Crippen LogP contribution >= 0.6 is 0 Å². The Kier molecular flexibility index (Phi) is 4.27. The van der Waals surface area contributed by atoms with E-state index in [1.54, 1.807) is 18.2 Å². The predicted molar refractivity (Wildman–Crippen MR) is 96.3 cm³/mol. The number of nitrogens with zero attached hydrogens (tertiary/aromatic N) is 2. The molecule has 3 aliphatic rings. The molecule has 1 N–H and O–H groups in total. The maximum absolute atomic E-state index is 12.8. The Morgan fingerprint density at radius 3 is 2.46 bits per heavy atom. The summed E-state index contributed by atoms with van der Waals surface area (Å²) in [4.78, 5) is 26.4. The summed E-state index contributed by atoms with van der Waals surface area (Å²) in [5, 5.41) is 2.95. The van der Waals surface area contributed by atoms with Gasteiger partial charge in [0.2, 0.25) is 21.8 Å². The minimum Gasteiger partial charge on any atom is -0.352 e. The Balaban J connectivity index is 1.64. The standard InChI is InChI=1S/C18H23N3O4S/c1-12(22)21-16-7-6-15(26(24,25)20-8-2-3-9-20)10-13(16)11-17(21)18(23)19-14-4-5-14/h6-7,10,14,17H,2-5,8-9,11H2,1H3,(H,19,23). The molecule has 1 atom stereocenters. The van der Waals surface area contributed by atoms with Crippen LogP contribution in [0, 0.1) is 0 Å². The van der Waals surface area contributed by atoms with Gasteiger partial charge >= 0.3 is 0 Å². The van der Waals surface area contributed by atoms with Gasteiger partial charge in [-0.2, -0.15) is 4.31 Å². The number of carbonyl (C=O) groups excluding carboxylic acids is 2. The van der Waals surface area contributed by atoms with Crippen LogP contribution < -0.4 is 10.2 Å². The maximum atomic E-state index is 12.8. The zero-order valence-corrected chi connectivity index (χ0v) is 15.6. The van der Waals surface area contributed by atoms with Crippen molar-refractivity contribution in [3.63, 3.8) is 0 Å². The normalized spacial score (nSPS) is 23.1. The molecule has 1 aromatic carbocycles. The molecule has 1 unspecified atom stereocenters. The number of sulfonamides is 1. The van der Waals surface area contributed by atoms with Crippen LogP contribution in [0.15, 0.2) is 23.1 Å². The first kappa shape index (κ1) is 17.5. The van der Waals surface area contributed by atoms with Crippen molar-refractivity contribution in [2.24, 2.45) is 0 Å². The van der Waals surface area contributed by atoms with Gasteiger partial charge in [0.05, 0.1) is 4.90 Å². The lowest BCUT2D eigenvalue weighted by atomic mass is 10.1. The molecule has 0 spiro atoms. The van der Waals surface area contributed by atoms with Crippen molar-refractivity contribution >= 4 is 27.5 Å². The van der Waals surface area contributed by atoms with Gasteiger partial charge in [0.15, 0.2) is 0 Å². The summed E-state index contributed by atoms with van der Waals surface area (Å²) in [5.41, 5.74) is 1.37. The minimum absolute atomic E-state index is 0.164. The zero-order chi connectivity index (χ0) is 18.5. The van der Waals surface area contributed by atoms with E-state index in [4.69, 9.17) is 0 Å². The topological polar surface area (TPSA) is 86.8 Å². The highest BCUT2D eigenvalue weighted by molar-refractivity contribution is 7.89. The third kappa shape index (κ3) is 3.01. The van der Waals surface area contributed by atoms with Crippen LogP contribution in [0.3, 0.4) is 0 Å². The van der Waals surface area contributed by atoms with E-state index < -0.39 is 16.1 Å². The average molecular weight is 377 g/mol. The van der Waals surface area contributed by atoms with Crippen LogP contribution in [0.2, 0.25) is 0 Å². The van der Waals surface area contributed by atoms with Crippen LogP contribution in [0.4, 0.5) is 5.69 Å². The first-order valence-corrected chi connectivity index (χ1v) is 10.5. The van der Waals surface area contributed by atoms with Crippen molar-refractivity contribution < 1.29 is 18.0 Å². The van der Waals surface area contributed by atoms with Crippen LogP contribution in [0.5, 0.6) is 0 Å². The number of rotatable bonds is 4. The van der Waals surface area contributed by atoms with Crippen LogP contribution in [-0.2, 0) is 26.0 Å². The molecule has 2 heterocycles. The van der Waals surface area contributed by atoms with Gasteiger partial charge in [0.1, 0.15) is 6.04 Å². The van der Waals surface area contributed by atoms with E-state index in [0.29, 0.717) is 25.2 Å². The molecule has 1 saturated carbocycles. The summed E-state index contributed by atoms with van der Waals surface area (Å²) >= 11 is 0. The number of fused-ring (bicyclic) bond motifs is 1. The lowest BCUT2D eigenvalue weighted by Crippen LogP contribution is -2.47. The Morgan fingerprint density at radius 1 is 1.15 bits per heavy atom. The van der Waals surface area contributed by atoms with E-state index in [-0.39, 0.29) is 22.8 Å². The summed E-state index contributed by atoms with van der Waals surface area (Å²) in [6.07, 6.45) is 4.06. The van der Waals surface area contributed by atoms with E-state index in [1.807, 2.05) is 0 Å². The highest BCUT2D eigenvalue weighted by Gasteiger charge is 2.39. The first-order chi connectivity index (χ1) is 12.4. The number of benzene rings is 1. The lowest BCUT2D eigenvalue weighted by Gasteiger charge is -2.23. The van der Waals surface area contributed by atoms with Gasteiger partial charge < -0.3 is 5.32 Å². The highest BCUT2D eigenvalue weighted by atomic mass is 32.2. The van der Waals surface area contributed by atoms with E-state index >= 15 is 0 Å². The fraction of sp³-hybridized carbons (Fsp3) is 0.556. The fourth-order valence-electron chi connectivity index (χ4n) is 3.79. The number of amides is 2. The quantitative estimate of drug-likeness (QED) is 0.849. The Labute approximate surface area is 153 Å². The summed E-state index contributed by atoms with van der Waals surface area (Å²) in [7, 11) is -3.52. The third-order valence-electron chi connectivity index (χ3n) is 5.30. The van der Waals surface area contributed by atoms with Crippen LogP contribution in [0.1, 0.15) is 38.2 Å². The zero-order valence-electron chi connectivity index (χ0n) is 14.8. The van der Waals surface area contributed by atoms with E-state index in [1.165, 1.54) is 16.1 Å². The second-order valence-electron chi connectivity index (χ2n) is 7.29. The number of anilines is 1. The summed E-state index contributed by atoms with van der Waals surface area (Å²) < 4.78 is 27.1. The smallest absolute Gasteiger partial charge is 0.243 e. The number of nitrogens with one attached hydrogen (secondary N) is 1. The summed E-state index contributed by atoms with van der Waals surface area (Å²) in [6, 6.07) is 4.44. The summed E-state index contributed by atoms with van der Waals surface area (Å²) in [5.74, 6) is -0.377. The second kappa shape index (κ2) is 6.35. The molecule has 2 aliphatic heterocycles. The molecule has 1 aromatic rings. The minimum atomic E-state index is -3.52. The Bertz CT molecular complexity index is 857. The van der Waals surface area contributed by atoms with Crippen molar-refractivity contribution in [3.05, 3.63) is 23.8 Å². The second-order valence-corrected chi connectivity index (χ2v) is 9.23. The van der Waals surface area contributed by atoms with Crippen molar-refractivity contribution in [3.8, 4) is 0 Å². The molecule has 26 heavy (non-hydrogen) atoms. The molecule has 0 bridgehead atoms. The SMILES string of the molecule is CC(=O)N1c2ccc(S(=O)(=O)N3CCCC3)cc2CC1C(=O)NC1CC1. The molecule has 4 rings (SSSR count). The van der Waals surface area contributed by atoms with Gasteiger partial charge in [-0.15, -0.1) is 0 Å². The maximum Gasteiger partial charge on any atom is 0.243 e. The van der Waals surface area contributed by atoms with Gasteiger partial charge in [0.25, 0.3) is 0 Å². The van der Waals surface area contributed by atoms with E-state index in [2.05, 4.69) is 5.32 Å². The van der Waals surface area contributed by atoms with Gasteiger partial charge in [0, 0.05) is 38.2 Å². The lowest BCUT2D eigenvalue weighted by molar-refractivity contribution is -0.125. The van der Waals surface area contributed by atoms with Crippen LogP contribution in [0.25, 0.3) is 0 Å².